The number of aromatic carboxylic acids is 1. The molecule has 5 nitrogen and oxygen atoms in total. The van der Waals surface area contributed by atoms with E-state index in [9.17, 15) is 4.79 Å². The van der Waals surface area contributed by atoms with E-state index < -0.39 is 5.97 Å². The normalized spacial score (nSPS) is 22.1. The quantitative estimate of drug-likeness (QED) is 0.891. The Hall–Kier alpha value is -1.46. The Kier molecular flexibility index (Phi) is 4.50. The number of aromatic nitrogens is 1. The fraction of sp³-hybridized carbons (Fsp3) is 0.571. The van der Waals surface area contributed by atoms with Crippen LogP contribution < -0.4 is 0 Å². The summed E-state index contributed by atoms with van der Waals surface area (Å²) < 4.78 is 0. The molecule has 5 heteroatoms. The van der Waals surface area contributed by atoms with Gasteiger partial charge in [0, 0.05) is 31.9 Å². The van der Waals surface area contributed by atoms with E-state index in [0.717, 1.165) is 31.6 Å². The van der Waals surface area contributed by atoms with Gasteiger partial charge < -0.3 is 10.0 Å². The Morgan fingerprint density at radius 2 is 2.32 bits per heavy atom. The summed E-state index contributed by atoms with van der Waals surface area (Å²) in [6.07, 6.45) is 2.65. The van der Waals surface area contributed by atoms with Gasteiger partial charge in [-0.25, -0.2) is 9.78 Å². The monoisotopic (exact) mass is 263 g/mol. The molecule has 0 amide bonds. The maximum absolute atomic E-state index is 11.2. The molecule has 2 heterocycles. The molecule has 1 aliphatic rings. The molecule has 0 aliphatic carbocycles. The van der Waals surface area contributed by atoms with Crippen LogP contribution in [0.5, 0.6) is 0 Å². The van der Waals surface area contributed by atoms with E-state index >= 15 is 0 Å². The first-order chi connectivity index (χ1) is 9.08. The van der Waals surface area contributed by atoms with E-state index in [0.29, 0.717) is 12.6 Å². The number of rotatable bonds is 3. The van der Waals surface area contributed by atoms with E-state index in [1.54, 1.807) is 6.07 Å². The van der Waals surface area contributed by atoms with Crippen molar-refractivity contribution in [3.8, 4) is 0 Å². The second-order valence-corrected chi connectivity index (χ2v) is 5.25. The van der Waals surface area contributed by atoms with Crippen molar-refractivity contribution < 1.29 is 9.90 Å². The van der Waals surface area contributed by atoms with Crippen LogP contribution in [0, 0.1) is 0 Å². The molecule has 0 saturated carbocycles. The number of likely N-dealkylation sites (N-methyl/N-ethyl adjacent to an activating group) is 1. The van der Waals surface area contributed by atoms with Crippen LogP contribution in [0.4, 0.5) is 0 Å². The average molecular weight is 263 g/mol. The molecule has 1 saturated heterocycles. The van der Waals surface area contributed by atoms with Gasteiger partial charge in [-0.05, 0) is 38.6 Å². The Labute approximate surface area is 113 Å². The van der Waals surface area contributed by atoms with Gasteiger partial charge in [-0.15, -0.1) is 0 Å². The molecule has 1 unspecified atom stereocenters. The predicted octanol–water partition coefficient (Wildman–Crippen LogP) is 1.31. The van der Waals surface area contributed by atoms with Gasteiger partial charge in [-0.3, -0.25) is 4.90 Å². The maximum Gasteiger partial charge on any atom is 0.354 e. The lowest BCUT2D eigenvalue weighted by Crippen LogP contribution is -2.37. The summed E-state index contributed by atoms with van der Waals surface area (Å²) >= 11 is 0. The first kappa shape index (κ1) is 14.0. The van der Waals surface area contributed by atoms with Crippen LogP contribution in [0.25, 0.3) is 0 Å². The average Bonchev–Trinajstić information content (AvgIpc) is 2.52. The minimum absolute atomic E-state index is 0.173. The molecule has 0 spiro atoms. The largest absolute Gasteiger partial charge is 0.477 e. The van der Waals surface area contributed by atoms with Crippen molar-refractivity contribution in [2.75, 3.05) is 26.7 Å². The highest BCUT2D eigenvalue weighted by Crippen LogP contribution is 2.15. The van der Waals surface area contributed by atoms with Gasteiger partial charge in [0.2, 0.25) is 0 Å². The Morgan fingerprint density at radius 1 is 1.53 bits per heavy atom. The van der Waals surface area contributed by atoms with Crippen molar-refractivity contribution in [3.63, 3.8) is 0 Å². The minimum Gasteiger partial charge on any atom is -0.477 e. The summed E-state index contributed by atoms with van der Waals surface area (Å²) in [5.41, 5.74) is 0.971. The summed E-state index contributed by atoms with van der Waals surface area (Å²) in [7, 11) is 2.13. The van der Waals surface area contributed by atoms with Gasteiger partial charge >= 0.3 is 5.97 Å². The molecule has 19 heavy (non-hydrogen) atoms. The summed E-state index contributed by atoms with van der Waals surface area (Å²) in [5, 5.41) is 9.17. The maximum atomic E-state index is 11.2. The lowest BCUT2D eigenvalue weighted by molar-refractivity contribution is 0.0687. The highest BCUT2D eigenvalue weighted by molar-refractivity contribution is 5.86. The van der Waals surface area contributed by atoms with Crippen molar-refractivity contribution >= 4 is 5.97 Å². The van der Waals surface area contributed by atoms with Gasteiger partial charge in [-0.1, -0.05) is 6.07 Å². The lowest BCUT2D eigenvalue weighted by Gasteiger charge is -2.28. The van der Waals surface area contributed by atoms with Gasteiger partial charge in [-0.2, -0.15) is 0 Å². The number of hydrogen-bond acceptors (Lipinski definition) is 4. The first-order valence-corrected chi connectivity index (χ1v) is 6.67. The number of nitrogens with zero attached hydrogens (tertiary/aromatic N) is 3. The second kappa shape index (κ2) is 6.12. The number of pyridine rings is 1. The zero-order chi connectivity index (χ0) is 13.8. The van der Waals surface area contributed by atoms with Crippen LogP contribution >= 0.6 is 0 Å². The molecule has 0 radical (unpaired) electrons. The summed E-state index contributed by atoms with van der Waals surface area (Å²) in [5.74, 6) is -0.949. The van der Waals surface area contributed by atoms with Gasteiger partial charge in [0.15, 0.2) is 5.69 Å². The number of hydrogen-bond donors (Lipinski definition) is 1. The Balaban J connectivity index is 2.14. The van der Waals surface area contributed by atoms with E-state index in [-0.39, 0.29) is 5.69 Å². The molecule has 1 atom stereocenters. The highest BCUT2D eigenvalue weighted by atomic mass is 16.4. The SMILES string of the molecule is CC1CN(C)CCCN1Cc1cccnc1C(=O)O. The molecule has 1 aromatic heterocycles. The van der Waals surface area contributed by atoms with Crippen LogP contribution in [-0.4, -0.2) is 58.6 Å². The van der Waals surface area contributed by atoms with E-state index in [4.69, 9.17) is 5.11 Å². The molecular weight excluding hydrogens is 242 g/mol. The van der Waals surface area contributed by atoms with Crippen LogP contribution in [0.1, 0.15) is 29.4 Å². The Bertz CT molecular complexity index is 450. The lowest BCUT2D eigenvalue weighted by atomic mass is 10.1. The molecule has 1 aromatic rings. The van der Waals surface area contributed by atoms with Crippen LogP contribution in [-0.2, 0) is 6.54 Å². The van der Waals surface area contributed by atoms with E-state index in [1.807, 2.05) is 6.07 Å². The molecular formula is C14H21N3O2. The molecule has 0 aromatic carbocycles. The number of carbonyl (C=O) groups is 1. The third kappa shape index (κ3) is 3.52. The molecule has 1 fully saturated rings. The molecule has 104 valence electrons. The number of carboxylic acid groups (broad SMARTS) is 1. The fourth-order valence-electron chi connectivity index (χ4n) is 2.63. The minimum atomic E-state index is -0.949. The van der Waals surface area contributed by atoms with E-state index in [1.165, 1.54) is 6.20 Å². The fourth-order valence-corrected chi connectivity index (χ4v) is 2.63. The van der Waals surface area contributed by atoms with Crippen LogP contribution in [0.2, 0.25) is 0 Å². The number of carboxylic acids is 1. The van der Waals surface area contributed by atoms with Crippen LogP contribution in [0.3, 0.4) is 0 Å². The van der Waals surface area contributed by atoms with E-state index in [2.05, 4.69) is 28.8 Å². The topological polar surface area (TPSA) is 56.7 Å². The third-order valence-corrected chi connectivity index (χ3v) is 3.65. The zero-order valence-electron chi connectivity index (χ0n) is 11.5. The smallest absolute Gasteiger partial charge is 0.354 e. The molecule has 2 rings (SSSR count). The van der Waals surface area contributed by atoms with Crippen molar-refractivity contribution in [1.82, 2.24) is 14.8 Å². The third-order valence-electron chi connectivity index (χ3n) is 3.65. The van der Waals surface area contributed by atoms with Gasteiger partial charge in [0.05, 0.1) is 0 Å². The highest BCUT2D eigenvalue weighted by Gasteiger charge is 2.21. The van der Waals surface area contributed by atoms with Gasteiger partial charge in [0.25, 0.3) is 0 Å². The van der Waals surface area contributed by atoms with Crippen LogP contribution in [0.15, 0.2) is 18.3 Å². The zero-order valence-corrected chi connectivity index (χ0v) is 11.5. The first-order valence-electron chi connectivity index (χ1n) is 6.67. The molecule has 1 aliphatic heterocycles. The molecule has 0 bridgehead atoms. The summed E-state index contributed by atoms with van der Waals surface area (Å²) in [6.45, 7) is 5.96. The molecule has 1 N–H and O–H groups in total. The standard InChI is InChI=1S/C14H21N3O2/c1-11-9-16(2)7-4-8-17(11)10-12-5-3-6-15-13(12)14(18)19/h3,5-6,11H,4,7-10H2,1-2H3,(H,18,19). The van der Waals surface area contributed by atoms with Crippen molar-refractivity contribution in [3.05, 3.63) is 29.6 Å². The van der Waals surface area contributed by atoms with Crippen molar-refractivity contribution in [1.29, 1.82) is 0 Å². The Morgan fingerprint density at radius 3 is 3.05 bits per heavy atom. The van der Waals surface area contributed by atoms with Crippen molar-refractivity contribution in [2.24, 2.45) is 0 Å². The predicted molar refractivity (Wildman–Crippen MR) is 73.2 cm³/mol. The van der Waals surface area contributed by atoms with Gasteiger partial charge in [0.1, 0.15) is 0 Å². The van der Waals surface area contributed by atoms with Crippen molar-refractivity contribution in [2.45, 2.75) is 25.9 Å². The summed E-state index contributed by atoms with van der Waals surface area (Å²) in [6, 6.07) is 4.09. The summed E-state index contributed by atoms with van der Waals surface area (Å²) in [4.78, 5) is 19.8. The second-order valence-electron chi connectivity index (χ2n) is 5.25.